The summed E-state index contributed by atoms with van der Waals surface area (Å²) in [5.41, 5.74) is 0.765. The van der Waals surface area contributed by atoms with Gasteiger partial charge in [-0.3, -0.25) is 4.79 Å². The molecule has 0 heterocycles. The van der Waals surface area contributed by atoms with E-state index in [1.165, 1.54) is 0 Å². The lowest BCUT2D eigenvalue weighted by molar-refractivity contribution is -0.122. The molecule has 3 nitrogen and oxygen atoms in total. The van der Waals surface area contributed by atoms with Crippen molar-refractivity contribution < 1.29 is 4.79 Å². The van der Waals surface area contributed by atoms with E-state index in [1.807, 2.05) is 30.3 Å². The van der Waals surface area contributed by atoms with Gasteiger partial charge >= 0.3 is 0 Å². The summed E-state index contributed by atoms with van der Waals surface area (Å²) < 4.78 is 0. The molecule has 4 unspecified atom stereocenters. The van der Waals surface area contributed by atoms with Crippen molar-refractivity contribution in [3.8, 4) is 6.07 Å². The fourth-order valence-electron chi connectivity index (χ4n) is 2.76. The second-order valence-electron chi connectivity index (χ2n) is 5.50. The van der Waals surface area contributed by atoms with Crippen LogP contribution >= 0.6 is 0 Å². The molecule has 1 amide bonds. The Morgan fingerprint density at radius 3 is 2.53 bits per heavy atom. The van der Waals surface area contributed by atoms with Gasteiger partial charge in [0.2, 0.25) is 5.91 Å². The highest BCUT2D eigenvalue weighted by atomic mass is 16.1. The molecule has 0 spiro atoms. The van der Waals surface area contributed by atoms with Crippen LogP contribution < -0.4 is 5.32 Å². The number of nitrogens with one attached hydrogen (secondary N) is 1. The molecule has 19 heavy (non-hydrogen) atoms. The first-order chi connectivity index (χ1) is 9.13. The van der Waals surface area contributed by atoms with Gasteiger partial charge in [0.25, 0.3) is 0 Å². The van der Waals surface area contributed by atoms with Gasteiger partial charge in [0.1, 0.15) is 5.92 Å². The first kappa shape index (κ1) is 13.6. The molecule has 0 radical (unpaired) electrons. The van der Waals surface area contributed by atoms with Crippen LogP contribution in [0.25, 0.3) is 0 Å². The molecular weight excluding hydrogens is 236 g/mol. The Balaban J connectivity index is 2.05. The fourth-order valence-corrected chi connectivity index (χ4v) is 2.76. The van der Waals surface area contributed by atoms with Crippen LogP contribution in [0.1, 0.15) is 38.2 Å². The van der Waals surface area contributed by atoms with Gasteiger partial charge in [-0.05, 0) is 30.2 Å². The Morgan fingerprint density at radius 2 is 2.00 bits per heavy atom. The minimum Gasteiger partial charge on any atom is -0.352 e. The maximum atomic E-state index is 12.2. The topological polar surface area (TPSA) is 52.9 Å². The molecule has 100 valence electrons. The summed E-state index contributed by atoms with van der Waals surface area (Å²) in [6.07, 6.45) is 2.16. The Morgan fingerprint density at radius 1 is 1.32 bits per heavy atom. The van der Waals surface area contributed by atoms with Crippen LogP contribution in [0.4, 0.5) is 0 Å². The van der Waals surface area contributed by atoms with Gasteiger partial charge in [-0.1, -0.05) is 44.2 Å². The van der Waals surface area contributed by atoms with Crippen LogP contribution in [0, 0.1) is 23.2 Å². The minimum absolute atomic E-state index is 0.167. The van der Waals surface area contributed by atoms with Gasteiger partial charge in [0, 0.05) is 6.04 Å². The molecule has 1 fully saturated rings. The van der Waals surface area contributed by atoms with Crippen molar-refractivity contribution in [3.63, 3.8) is 0 Å². The van der Waals surface area contributed by atoms with Crippen molar-refractivity contribution in [3.05, 3.63) is 35.9 Å². The van der Waals surface area contributed by atoms with Gasteiger partial charge in [0.05, 0.1) is 6.07 Å². The summed E-state index contributed by atoms with van der Waals surface area (Å²) in [6, 6.07) is 11.6. The van der Waals surface area contributed by atoms with E-state index in [2.05, 4.69) is 25.2 Å². The molecular formula is C16H20N2O. The molecule has 0 aliphatic heterocycles. The maximum absolute atomic E-state index is 12.2. The number of amides is 1. The van der Waals surface area contributed by atoms with Gasteiger partial charge in [-0.15, -0.1) is 0 Å². The summed E-state index contributed by atoms with van der Waals surface area (Å²) >= 11 is 0. The summed E-state index contributed by atoms with van der Waals surface area (Å²) in [7, 11) is 0. The SMILES string of the molecule is CC1CCC(NC(=O)C(C#N)c2ccccc2)C1C. The van der Waals surface area contributed by atoms with Crippen molar-refractivity contribution in [2.45, 2.75) is 38.6 Å². The highest BCUT2D eigenvalue weighted by molar-refractivity contribution is 5.86. The molecule has 3 heteroatoms. The maximum Gasteiger partial charge on any atom is 0.242 e. The monoisotopic (exact) mass is 256 g/mol. The van der Waals surface area contributed by atoms with E-state index in [0.29, 0.717) is 11.8 Å². The smallest absolute Gasteiger partial charge is 0.242 e. The van der Waals surface area contributed by atoms with E-state index in [4.69, 9.17) is 0 Å². The third-order valence-corrected chi connectivity index (χ3v) is 4.32. The Kier molecular flexibility index (Phi) is 4.21. The molecule has 4 atom stereocenters. The van der Waals surface area contributed by atoms with Crippen LogP contribution in [0.15, 0.2) is 30.3 Å². The Hall–Kier alpha value is -1.82. The molecule has 0 bridgehead atoms. The molecule has 1 N–H and O–H groups in total. The van der Waals surface area contributed by atoms with Crippen molar-refractivity contribution in [1.82, 2.24) is 5.32 Å². The predicted octanol–water partition coefficient (Wildman–Crippen LogP) is 2.84. The van der Waals surface area contributed by atoms with Crippen molar-refractivity contribution in [1.29, 1.82) is 5.26 Å². The van der Waals surface area contributed by atoms with Gasteiger partial charge in [0.15, 0.2) is 0 Å². The Labute approximate surface area is 114 Å². The second-order valence-corrected chi connectivity index (χ2v) is 5.50. The van der Waals surface area contributed by atoms with E-state index in [0.717, 1.165) is 18.4 Å². The number of carbonyl (C=O) groups is 1. The molecule has 1 aromatic rings. The highest BCUT2D eigenvalue weighted by Crippen LogP contribution is 2.31. The van der Waals surface area contributed by atoms with Crippen molar-refractivity contribution in [2.75, 3.05) is 0 Å². The van der Waals surface area contributed by atoms with Crippen LogP contribution in [0.3, 0.4) is 0 Å². The van der Waals surface area contributed by atoms with Crippen LogP contribution in [0.2, 0.25) is 0 Å². The fraction of sp³-hybridized carbons (Fsp3) is 0.500. The van der Waals surface area contributed by atoms with Gasteiger partial charge < -0.3 is 5.32 Å². The molecule has 2 rings (SSSR count). The third-order valence-electron chi connectivity index (χ3n) is 4.32. The molecule has 1 aromatic carbocycles. The first-order valence-corrected chi connectivity index (χ1v) is 6.88. The van der Waals surface area contributed by atoms with Crippen LogP contribution in [-0.2, 0) is 4.79 Å². The first-order valence-electron chi connectivity index (χ1n) is 6.88. The Bertz CT molecular complexity index is 477. The number of rotatable bonds is 3. The third kappa shape index (κ3) is 2.96. The zero-order valence-electron chi connectivity index (χ0n) is 11.5. The van der Waals surface area contributed by atoms with Crippen LogP contribution in [0.5, 0.6) is 0 Å². The summed E-state index contributed by atoms with van der Waals surface area (Å²) in [4.78, 5) is 12.2. The predicted molar refractivity (Wildman–Crippen MR) is 74.3 cm³/mol. The minimum atomic E-state index is -0.704. The summed E-state index contributed by atoms with van der Waals surface area (Å²) in [6.45, 7) is 4.39. The number of nitriles is 1. The van der Waals surface area contributed by atoms with Crippen LogP contribution in [-0.4, -0.2) is 11.9 Å². The number of carbonyl (C=O) groups excluding carboxylic acids is 1. The quantitative estimate of drug-likeness (QED) is 0.904. The lowest BCUT2D eigenvalue weighted by Gasteiger charge is -2.21. The van der Waals surface area contributed by atoms with Crippen molar-refractivity contribution >= 4 is 5.91 Å². The highest BCUT2D eigenvalue weighted by Gasteiger charge is 2.32. The lowest BCUT2D eigenvalue weighted by Crippen LogP contribution is -2.39. The second kappa shape index (κ2) is 5.88. The summed E-state index contributed by atoms with van der Waals surface area (Å²) in [5, 5.41) is 12.3. The van der Waals surface area contributed by atoms with Crippen molar-refractivity contribution in [2.24, 2.45) is 11.8 Å². The molecule has 1 aliphatic rings. The zero-order valence-corrected chi connectivity index (χ0v) is 11.5. The normalized spacial score (nSPS) is 27.5. The number of nitrogens with zero attached hydrogens (tertiary/aromatic N) is 1. The molecule has 0 saturated heterocycles. The number of hydrogen-bond donors (Lipinski definition) is 1. The molecule has 1 aliphatic carbocycles. The van der Waals surface area contributed by atoms with E-state index in [-0.39, 0.29) is 11.9 Å². The zero-order chi connectivity index (χ0) is 13.8. The standard InChI is InChI=1S/C16H20N2O/c1-11-8-9-15(12(11)2)18-16(19)14(10-17)13-6-4-3-5-7-13/h3-7,11-12,14-15H,8-9H2,1-2H3,(H,18,19). The molecule has 1 saturated carbocycles. The van der Waals surface area contributed by atoms with E-state index >= 15 is 0 Å². The average molecular weight is 256 g/mol. The van der Waals surface area contributed by atoms with Gasteiger partial charge in [-0.25, -0.2) is 0 Å². The lowest BCUT2D eigenvalue weighted by atomic mass is 9.96. The number of benzene rings is 1. The van der Waals surface area contributed by atoms with Gasteiger partial charge in [-0.2, -0.15) is 5.26 Å². The average Bonchev–Trinajstić information content (AvgIpc) is 2.73. The molecule has 0 aromatic heterocycles. The van der Waals surface area contributed by atoms with E-state index in [9.17, 15) is 10.1 Å². The number of hydrogen-bond acceptors (Lipinski definition) is 2. The largest absolute Gasteiger partial charge is 0.352 e. The van der Waals surface area contributed by atoms with E-state index < -0.39 is 5.92 Å². The van der Waals surface area contributed by atoms with E-state index in [1.54, 1.807) is 0 Å². The summed E-state index contributed by atoms with van der Waals surface area (Å²) in [5.74, 6) is 0.255.